The van der Waals surface area contributed by atoms with E-state index in [1.165, 1.54) is 12.8 Å². The highest BCUT2D eigenvalue weighted by Gasteiger charge is 2.45. The molecule has 0 aromatic heterocycles. The minimum Gasteiger partial charge on any atom is -0.383 e. The zero-order valence-electron chi connectivity index (χ0n) is 13.7. The zero-order valence-corrected chi connectivity index (χ0v) is 13.7. The number of likely N-dealkylation sites (tertiary alicyclic amines) is 2. The zero-order chi connectivity index (χ0) is 15.6. The van der Waals surface area contributed by atoms with Crippen molar-refractivity contribution in [3.63, 3.8) is 0 Å². The smallest absolute Gasteiger partial charge is 0.223 e. The lowest BCUT2D eigenvalue weighted by molar-refractivity contribution is -0.132. The van der Waals surface area contributed by atoms with Crippen LogP contribution in [0.4, 0.5) is 0 Å². The van der Waals surface area contributed by atoms with Crippen LogP contribution >= 0.6 is 0 Å². The Hall–Kier alpha value is -1.10. The first-order chi connectivity index (χ1) is 10.6. The summed E-state index contributed by atoms with van der Waals surface area (Å²) in [5.41, 5.74) is -0.0236. The molecule has 3 aliphatic rings. The Kier molecular flexibility index (Phi) is 4.71. The maximum Gasteiger partial charge on any atom is 0.223 e. The first-order valence-corrected chi connectivity index (χ1v) is 8.72. The fourth-order valence-corrected chi connectivity index (χ4v) is 4.06. The van der Waals surface area contributed by atoms with Crippen molar-refractivity contribution < 1.29 is 14.3 Å². The van der Waals surface area contributed by atoms with E-state index in [9.17, 15) is 9.59 Å². The number of carbonyl (C=O) groups excluding carboxylic acids is 2. The number of hydrogen-bond donors (Lipinski definition) is 0. The Morgan fingerprint density at radius 1 is 1.27 bits per heavy atom. The fraction of sp³-hybridized carbons (Fsp3) is 0.882. The van der Waals surface area contributed by atoms with Gasteiger partial charge in [-0.1, -0.05) is 0 Å². The van der Waals surface area contributed by atoms with Crippen LogP contribution < -0.4 is 0 Å². The summed E-state index contributed by atoms with van der Waals surface area (Å²) in [6.07, 6.45) is 7.74. The Bertz CT molecular complexity index is 436. The second-order valence-electron chi connectivity index (χ2n) is 7.14. The monoisotopic (exact) mass is 308 g/mol. The van der Waals surface area contributed by atoms with Crippen LogP contribution in [-0.2, 0) is 14.3 Å². The first kappa shape index (κ1) is 15.8. The molecule has 0 aromatic carbocycles. The normalized spacial score (nSPS) is 29.2. The second kappa shape index (κ2) is 6.57. The molecule has 2 amide bonds. The van der Waals surface area contributed by atoms with E-state index >= 15 is 0 Å². The van der Waals surface area contributed by atoms with Gasteiger partial charge in [0.15, 0.2) is 0 Å². The maximum absolute atomic E-state index is 12.3. The van der Waals surface area contributed by atoms with Crippen LogP contribution in [0.15, 0.2) is 0 Å². The lowest BCUT2D eigenvalue weighted by atomic mass is 9.88. The predicted octanol–water partition coefficient (Wildman–Crippen LogP) is 1.81. The van der Waals surface area contributed by atoms with Gasteiger partial charge in [0.2, 0.25) is 11.8 Å². The third kappa shape index (κ3) is 3.29. The summed E-state index contributed by atoms with van der Waals surface area (Å²) in [4.78, 5) is 28.7. The molecule has 3 fully saturated rings. The van der Waals surface area contributed by atoms with Crippen molar-refractivity contribution in [2.45, 2.75) is 56.9 Å². The molecule has 0 unspecified atom stereocenters. The quantitative estimate of drug-likeness (QED) is 0.778. The SMILES string of the molecule is COCCN1C(=O)CC[C@]12CCCN(C(=O)CC1CC1)CC2. The van der Waals surface area contributed by atoms with Gasteiger partial charge in [0.05, 0.1) is 6.61 Å². The Morgan fingerprint density at radius 3 is 2.82 bits per heavy atom. The van der Waals surface area contributed by atoms with Gasteiger partial charge in [-0.3, -0.25) is 9.59 Å². The summed E-state index contributed by atoms with van der Waals surface area (Å²) < 4.78 is 5.17. The van der Waals surface area contributed by atoms with Crippen molar-refractivity contribution in [1.82, 2.24) is 9.80 Å². The Morgan fingerprint density at radius 2 is 2.09 bits per heavy atom. The highest BCUT2D eigenvalue weighted by Crippen LogP contribution is 2.39. The molecule has 1 atom stereocenters. The molecule has 1 saturated carbocycles. The van der Waals surface area contributed by atoms with E-state index in [0.717, 1.165) is 45.2 Å². The molecule has 3 rings (SSSR count). The predicted molar refractivity (Wildman–Crippen MR) is 83.3 cm³/mol. The molecule has 1 spiro atoms. The third-order valence-electron chi connectivity index (χ3n) is 5.63. The standard InChI is InChI=1S/C17H28N2O3/c1-22-12-11-19-15(20)5-7-17(19)6-2-9-18(10-8-17)16(21)13-14-3-4-14/h14H,2-13H2,1H3/t17-/m0/s1. The molecule has 5 nitrogen and oxygen atoms in total. The Labute approximate surface area is 133 Å². The number of ether oxygens (including phenoxy) is 1. The number of amides is 2. The van der Waals surface area contributed by atoms with Crippen LogP contribution in [0.3, 0.4) is 0 Å². The summed E-state index contributed by atoms with van der Waals surface area (Å²) >= 11 is 0. The van der Waals surface area contributed by atoms with Crippen molar-refractivity contribution in [1.29, 1.82) is 0 Å². The highest BCUT2D eigenvalue weighted by atomic mass is 16.5. The van der Waals surface area contributed by atoms with Gasteiger partial charge in [0.25, 0.3) is 0 Å². The number of rotatable bonds is 5. The van der Waals surface area contributed by atoms with Gasteiger partial charge in [0.1, 0.15) is 0 Å². The van der Waals surface area contributed by atoms with Crippen LogP contribution in [-0.4, -0.2) is 60.5 Å². The van der Waals surface area contributed by atoms with Crippen molar-refractivity contribution in [2.75, 3.05) is 33.4 Å². The van der Waals surface area contributed by atoms with Gasteiger partial charge >= 0.3 is 0 Å². The third-order valence-corrected chi connectivity index (χ3v) is 5.63. The molecular formula is C17H28N2O3. The molecule has 0 aromatic rings. The first-order valence-electron chi connectivity index (χ1n) is 8.72. The highest BCUT2D eigenvalue weighted by molar-refractivity contribution is 5.80. The topological polar surface area (TPSA) is 49.9 Å². The summed E-state index contributed by atoms with van der Waals surface area (Å²) in [5.74, 6) is 1.23. The van der Waals surface area contributed by atoms with Crippen LogP contribution in [0.2, 0.25) is 0 Å². The maximum atomic E-state index is 12.3. The molecule has 0 bridgehead atoms. The van der Waals surface area contributed by atoms with Gasteiger partial charge in [-0.2, -0.15) is 0 Å². The van der Waals surface area contributed by atoms with Crippen LogP contribution in [0.1, 0.15) is 51.4 Å². The van der Waals surface area contributed by atoms with E-state index < -0.39 is 0 Å². The fourth-order valence-electron chi connectivity index (χ4n) is 4.06. The average Bonchev–Trinajstić information content (AvgIpc) is 3.28. The lowest BCUT2D eigenvalue weighted by Crippen LogP contribution is -2.48. The molecule has 124 valence electrons. The number of hydrogen-bond acceptors (Lipinski definition) is 3. The van der Waals surface area contributed by atoms with Gasteiger partial charge in [-0.15, -0.1) is 0 Å². The van der Waals surface area contributed by atoms with Gasteiger partial charge in [-0.25, -0.2) is 0 Å². The van der Waals surface area contributed by atoms with Crippen LogP contribution in [0, 0.1) is 5.92 Å². The lowest BCUT2D eigenvalue weighted by Gasteiger charge is -2.38. The molecule has 5 heteroatoms. The summed E-state index contributed by atoms with van der Waals surface area (Å²) in [6.45, 7) is 2.95. The van der Waals surface area contributed by atoms with Crippen molar-refractivity contribution in [2.24, 2.45) is 5.92 Å². The summed E-state index contributed by atoms with van der Waals surface area (Å²) in [6, 6.07) is 0. The molecule has 0 N–H and O–H groups in total. The van der Waals surface area contributed by atoms with Gasteiger partial charge in [-0.05, 0) is 44.4 Å². The van der Waals surface area contributed by atoms with Gasteiger partial charge in [0, 0.05) is 45.1 Å². The van der Waals surface area contributed by atoms with E-state index in [4.69, 9.17) is 4.74 Å². The Balaban J connectivity index is 1.62. The minimum atomic E-state index is -0.0236. The molecule has 0 radical (unpaired) electrons. The second-order valence-corrected chi connectivity index (χ2v) is 7.14. The average molecular weight is 308 g/mol. The van der Waals surface area contributed by atoms with Crippen molar-refractivity contribution in [3.05, 3.63) is 0 Å². The van der Waals surface area contributed by atoms with E-state index in [-0.39, 0.29) is 11.4 Å². The molecule has 2 aliphatic heterocycles. The molecule has 22 heavy (non-hydrogen) atoms. The number of methoxy groups -OCH3 is 1. The van der Waals surface area contributed by atoms with E-state index in [0.29, 0.717) is 31.4 Å². The summed E-state index contributed by atoms with van der Waals surface area (Å²) in [7, 11) is 1.68. The molecule has 2 heterocycles. The molecular weight excluding hydrogens is 280 g/mol. The largest absolute Gasteiger partial charge is 0.383 e. The van der Waals surface area contributed by atoms with E-state index in [1.54, 1.807) is 7.11 Å². The molecule has 1 aliphatic carbocycles. The van der Waals surface area contributed by atoms with E-state index in [2.05, 4.69) is 0 Å². The molecule has 2 saturated heterocycles. The van der Waals surface area contributed by atoms with Crippen molar-refractivity contribution in [3.8, 4) is 0 Å². The number of carbonyl (C=O) groups is 2. The minimum absolute atomic E-state index is 0.0236. The van der Waals surface area contributed by atoms with Gasteiger partial charge < -0.3 is 14.5 Å². The van der Waals surface area contributed by atoms with Crippen LogP contribution in [0.25, 0.3) is 0 Å². The van der Waals surface area contributed by atoms with E-state index in [1.807, 2.05) is 9.80 Å². The number of nitrogens with zero attached hydrogens (tertiary/aromatic N) is 2. The summed E-state index contributed by atoms with van der Waals surface area (Å²) in [5, 5.41) is 0. The van der Waals surface area contributed by atoms with Crippen LogP contribution in [0.5, 0.6) is 0 Å². The van der Waals surface area contributed by atoms with Crippen molar-refractivity contribution >= 4 is 11.8 Å².